The summed E-state index contributed by atoms with van der Waals surface area (Å²) in [5.74, 6) is 0.780. The molecule has 0 aliphatic carbocycles. The Morgan fingerprint density at radius 1 is 1.08 bits per heavy atom. The molecule has 2 rings (SSSR count). The zero-order valence-corrected chi connectivity index (χ0v) is 16.0. The van der Waals surface area contributed by atoms with Crippen molar-refractivity contribution in [3.63, 3.8) is 0 Å². The normalized spacial score (nSPS) is 11.4. The minimum atomic E-state index is 0.0476. The zero-order chi connectivity index (χ0) is 18.1. The molecular formula is C20H27N3OS. The highest BCUT2D eigenvalue weighted by Crippen LogP contribution is 2.22. The molecule has 0 aliphatic rings. The lowest BCUT2D eigenvalue weighted by Crippen LogP contribution is -2.37. The average molecular weight is 358 g/mol. The molecule has 0 saturated carbocycles. The molecule has 0 radical (unpaired) electrons. The Kier molecular flexibility index (Phi) is 7.82. The van der Waals surface area contributed by atoms with Crippen LogP contribution in [0.2, 0.25) is 0 Å². The number of rotatable bonds is 7. The number of thioether (sulfide) groups is 1. The van der Waals surface area contributed by atoms with E-state index in [2.05, 4.69) is 48.9 Å². The van der Waals surface area contributed by atoms with Gasteiger partial charge in [-0.1, -0.05) is 36.4 Å². The van der Waals surface area contributed by atoms with E-state index in [0.717, 1.165) is 23.6 Å². The average Bonchev–Trinajstić information content (AvgIpc) is 2.64. The van der Waals surface area contributed by atoms with E-state index in [1.165, 1.54) is 16.0 Å². The molecule has 0 amide bonds. The van der Waals surface area contributed by atoms with Gasteiger partial charge in [-0.3, -0.25) is 0 Å². The van der Waals surface area contributed by atoms with Crippen LogP contribution in [0.5, 0.6) is 0 Å². The van der Waals surface area contributed by atoms with E-state index < -0.39 is 0 Å². The Hall–Kier alpha value is -1.98. The summed E-state index contributed by atoms with van der Waals surface area (Å²) in [7, 11) is 0. The smallest absolute Gasteiger partial charge is 0.191 e. The van der Waals surface area contributed by atoms with Gasteiger partial charge in [-0.2, -0.15) is 0 Å². The van der Waals surface area contributed by atoms with Crippen molar-refractivity contribution >= 4 is 17.7 Å². The number of aryl methyl sites for hydroxylation is 1. The highest BCUT2D eigenvalue weighted by Gasteiger charge is 2.05. The molecule has 134 valence electrons. The number of benzene rings is 2. The standard InChI is InChI=1S/C20H27N3OS/c1-4-21-20(22-12-16-7-5-6-8-18(16)14-24)23-13-17-10-9-15(2)11-19(17)25-3/h5-11,24H,4,12-14H2,1-3H3,(H2,21,22,23). The van der Waals surface area contributed by atoms with Gasteiger partial charge in [0.25, 0.3) is 0 Å². The summed E-state index contributed by atoms with van der Waals surface area (Å²) in [6.07, 6.45) is 2.09. The van der Waals surface area contributed by atoms with Gasteiger partial charge in [-0.15, -0.1) is 11.8 Å². The van der Waals surface area contributed by atoms with Crippen molar-refractivity contribution in [2.45, 2.75) is 38.4 Å². The van der Waals surface area contributed by atoms with Crippen LogP contribution in [0.25, 0.3) is 0 Å². The van der Waals surface area contributed by atoms with Crippen molar-refractivity contribution in [3.05, 3.63) is 64.7 Å². The molecule has 25 heavy (non-hydrogen) atoms. The first-order valence-electron chi connectivity index (χ1n) is 8.51. The zero-order valence-electron chi connectivity index (χ0n) is 15.2. The van der Waals surface area contributed by atoms with E-state index in [0.29, 0.717) is 13.1 Å². The fourth-order valence-electron chi connectivity index (χ4n) is 2.55. The lowest BCUT2D eigenvalue weighted by molar-refractivity contribution is 0.280. The van der Waals surface area contributed by atoms with Gasteiger partial charge in [-0.05, 0) is 48.4 Å². The largest absolute Gasteiger partial charge is 0.392 e. The van der Waals surface area contributed by atoms with E-state index in [4.69, 9.17) is 4.99 Å². The Labute approximate surface area is 154 Å². The third-order valence-electron chi connectivity index (χ3n) is 3.93. The highest BCUT2D eigenvalue weighted by atomic mass is 32.2. The van der Waals surface area contributed by atoms with Crippen molar-refractivity contribution in [2.75, 3.05) is 12.8 Å². The van der Waals surface area contributed by atoms with Crippen LogP contribution in [0.3, 0.4) is 0 Å². The highest BCUT2D eigenvalue weighted by molar-refractivity contribution is 7.98. The molecule has 0 unspecified atom stereocenters. The molecular weight excluding hydrogens is 330 g/mol. The van der Waals surface area contributed by atoms with Gasteiger partial charge in [0, 0.05) is 18.0 Å². The quantitative estimate of drug-likeness (QED) is 0.403. The fraction of sp³-hybridized carbons (Fsp3) is 0.350. The van der Waals surface area contributed by atoms with Crippen molar-refractivity contribution < 1.29 is 5.11 Å². The number of nitrogens with one attached hydrogen (secondary N) is 2. The molecule has 5 heteroatoms. The van der Waals surface area contributed by atoms with E-state index in [1.54, 1.807) is 11.8 Å². The van der Waals surface area contributed by atoms with Gasteiger partial charge in [0.1, 0.15) is 0 Å². The van der Waals surface area contributed by atoms with Crippen LogP contribution in [-0.2, 0) is 19.7 Å². The number of hydrogen-bond donors (Lipinski definition) is 3. The maximum absolute atomic E-state index is 9.44. The van der Waals surface area contributed by atoms with E-state index >= 15 is 0 Å². The van der Waals surface area contributed by atoms with Crippen LogP contribution in [-0.4, -0.2) is 23.9 Å². The summed E-state index contributed by atoms with van der Waals surface area (Å²) >= 11 is 1.75. The first kappa shape index (κ1) is 19.3. The van der Waals surface area contributed by atoms with Gasteiger partial charge < -0.3 is 15.7 Å². The number of aliphatic hydroxyl groups is 1. The maximum Gasteiger partial charge on any atom is 0.191 e. The van der Waals surface area contributed by atoms with Crippen LogP contribution < -0.4 is 10.6 Å². The monoisotopic (exact) mass is 357 g/mol. The second kappa shape index (κ2) is 10.1. The summed E-state index contributed by atoms with van der Waals surface area (Å²) < 4.78 is 0. The van der Waals surface area contributed by atoms with Crippen LogP contribution >= 0.6 is 11.8 Å². The Bertz CT molecular complexity index is 716. The van der Waals surface area contributed by atoms with Crippen LogP contribution in [0.15, 0.2) is 52.4 Å². The second-order valence-electron chi connectivity index (χ2n) is 5.79. The molecule has 0 fully saturated rings. The number of guanidine groups is 1. The number of aliphatic imine (C=N–C) groups is 1. The predicted octanol–water partition coefficient (Wildman–Crippen LogP) is 3.46. The minimum absolute atomic E-state index is 0.0476. The Morgan fingerprint density at radius 2 is 1.84 bits per heavy atom. The lowest BCUT2D eigenvalue weighted by atomic mass is 10.1. The molecule has 4 nitrogen and oxygen atoms in total. The summed E-state index contributed by atoms with van der Waals surface area (Å²) in [4.78, 5) is 5.98. The van der Waals surface area contributed by atoms with Gasteiger partial charge in [0.05, 0.1) is 13.2 Å². The first-order chi connectivity index (χ1) is 12.2. The SMILES string of the molecule is CCNC(=NCc1ccc(C)cc1SC)NCc1ccccc1CO. The Morgan fingerprint density at radius 3 is 2.52 bits per heavy atom. The van der Waals surface area contributed by atoms with Crippen molar-refractivity contribution in [2.24, 2.45) is 4.99 Å². The Balaban J connectivity index is 2.08. The van der Waals surface area contributed by atoms with Crippen molar-refractivity contribution in [1.82, 2.24) is 10.6 Å². The summed E-state index contributed by atoms with van der Waals surface area (Å²) in [6, 6.07) is 14.4. The molecule has 0 aromatic heterocycles. The molecule has 2 aromatic rings. The topological polar surface area (TPSA) is 56.7 Å². The molecule has 0 aliphatic heterocycles. The summed E-state index contributed by atoms with van der Waals surface area (Å²) in [6.45, 7) is 6.27. The van der Waals surface area contributed by atoms with Gasteiger partial charge in [-0.25, -0.2) is 4.99 Å². The maximum atomic E-state index is 9.44. The first-order valence-corrected chi connectivity index (χ1v) is 9.73. The molecule has 0 spiro atoms. The molecule has 0 heterocycles. The summed E-state index contributed by atoms with van der Waals surface area (Å²) in [5, 5.41) is 16.1. The second-order valence-corrected chi connectivity index (χ2v) is 6.64. The van der Waals surface area contributed by atoms with Gasteiger partial charge in [0.15, 0.2) is 5.96 Å². The molecule has 2 aromatic carbocycles. The van der Waals surface area contributed by atoms with Crippen LogP contribution in [0, 0.1) is 6.92 Å². The molecule has 0 atom stereocenters. The number of hydrogen-bond acceptors (Lipinski definition) is 3. The predicted molar refractivity (Wildman–Crippen MR) is 107 cm³/mol. The van der Waals surface area contributed by atoms with E-state index in [9.17, 15) is 5.11 Å². The number of aliphatic hydroxyl groups excluding tert-OH is 1. The molecule has 0 bridgehead atoms. The fourth-order valence-corrected chi connectivity index (χ4v) is 3.25. The number of nitrogens with zero attached hydrogens (tertiary/aromatic N) is 1. The third kappa shape index (κ3) is 5.80. The van der Waals surface area contributed by atoms with Crippen molar-refractivity contribution in [1.29, 1.82) is 0 Å². The van der Waals surface area contributed by atoms with Crippen LogP contribution in [0.4, 0.5) is 0 Å². The van der Waals surface area contributed by atoms with E-state index in [1.807, 2.05) is 24.3 Å². The van der Waals surface area contributed by atoms with Crippen molar-refractivity contribution in [3.8, 4) is 0 Å². The van der Waals surface area contributed by atoms with Gasteiger partial charge in [0.2, 0.25) is 0 Å². The van der Waals surface area contributed by atoms with Crippen LogP contribution in [0.1, 0.15) is 29.2 Å². The molecule has 0 saturated heterocycles. The minimum Gasteiger partial charge on any atom is -0.392 e. The molecule has 3 N–H and O–H groups in total. The van der Waals surface area contributed by atoms with Gasteiger partial charge >= 0.3 is 0 Å². The van der Waals surface area contributed by atoms with E-state index in [-0.39, 0.29) is 6.61 Å². The third-order valence-corrected chi connectivity index (χ3v) is 4.75. The lowest BCUT2D eigenvalue weighted by Gasteiger charge is -2.14. The summed E-state index contributed by atoms with van der Waals surface area (Å²) in [5.41, 5.74) is 4.51.